The van der Waals surface area contributed by atoms with E-state index in [2.05, 4.69) is 15.3 Å². The summed E-state index contributed by atoms with van der Waals surface area (Å²) in [5, 5.41) is 2.35. The highest BCUT2D eigenvalue weighted by Gasteiger charge is 2.63. The molecule has 0 aromatic carbocycles. The molecule has 0 unspecified atom stereocenters. The molecule has 1 saturated carbocycles. The molecule has 1 aromatic rings. The minimum absolute atomic E-state index is 0.0374. The van der Waals surface area contributed by atoms with Crippen molar-refractivity contribution >= 4 is 5.95 Å². The molecule has 0 aliphatic heterocycles. The third-order valence-electron chi connectivity index (χ3n) is 2.42. The van der Waals surface area contributed by atoms with E-state index in [0.29, 0.717) is 0 Å². The van der Waals surface area contributed by atoms with Gasteiger partial charge < -0.3 is 5.32 Å². The summed E-state index contributed by atoms with van der Waals surface area (Å²) in [7, 11) is 0. The normalized spacial score (nSPS) is 18.7. The molecule has 1 aliphatic rings. The summed E-state index contributed by atoms with van der Waals surface area (Å²) < 4.78 is 37.6. The first-order valence-corrected chi connectivity index (χ1v) is 4.57. The molecular weight excluding hydrogens is 207 g/mol. The highest BCUT2D eigenvalue weighted by molar-refractivity contribution is 5.35. The van der Waals surface area contributed by atoms with Crippen LogP contribution in [-0.2, 0) is 0 Å². The lowest BCUT2D eigenvalue weighted by molar-refractivity contribution is -0.151. The summed E-state index contributed by atoms with van der Waals surface area (Å²) in [4.78, 5) is 7.59. The Hall–Kier alpha value is -1.33. The SMILES string of the molecule is Cc1cnc(NC2(C(F)(F)F)CC2)nc1. The van der Waals surface area contributed by atoms with Crippen LogP contribution in [0, 0.1) is 6.92 Å². The van der Waals surface area contributed by atoms with E-state index >= 15 is 0 Å². The molecule has 1 N–H and O–H groups in total. The second-order valence-corrected chi connectivity index (χ2v) is 3.79. The van der Waals surface area contributed by atoms with Crippen LogP contribution >= 0.6 is 0 Å². The van der Waals surface area contributed by atoms with Gasteiger partial charge in [-0.25, -0.2) is 9.97 Å². The van der Waals surface area contributed by atoms with E-state index in [1.807, 2.05) is 0 Å². The van der Waals surface area contributed by atoms with Gasteiger partial charge in [-0.05, 0) is 25.3 Å². The van der Waals surface area contributed by atoms with E-state index in [4.69, 9.17) is 0 Å². The minimum Gasteiger partial charge on any atom is -0.340 e. The lowest BCUT2D eigenvalue weighted by atomic mass is 10.2. The summed E-state index contributed by atoms with van der Waals surface area (Å²) in [5.74, 6) is 0.0374. The van der Waals surface area contributed by atoms with Crippen LogP contribution in [0.25, 0.3) is 0 Å². The number of rotatable bonds is 2. The number of alkyl halides is 3. The molecule has 1 aromatic heterocycles. The van der Waals surface area contributed by atoms with Gasteiger partial charge in [-0.2, -0.15) is 13.2 Å². The Bertz CT molecular complexity index is 354. The molecule has 1 fully saturated rings. The summed E-state index contributed by atoms with van der Waals surface area (Å²) in [6, 6.07) is 0. The summed E-state index contributed by atoms with van der Waals surface area (Å²) in [5.41, 5.74) is -0.972. The van der Waals surface area contributed by atoms with E-state index in [1.54, 1.807) is 6.92 Å². The van der Waals surface area contributed by atoms with Crippen molar-refractivity contribution in [3.05, 3.63) is 18.0 Å². The highest BCUT2D eigenvalue weighted by atomic mass is 19.4. The summed E-state index contributed by atoms with van der Waals surface area (Å²) in [6.45, 7) is 1.78. The van der Waals surface area contributed by atoms with Crippen molar-refractivity contribution in [2.24, 2.45) is 0 Å². The van der Waals surface area contributed by atoms with Crippen LogP contribution in [0.15, 0.2) is 12.4 Å². The van der Waals surface area contributed by atoms with Crippen molar-refractivity contribution in [3.63, 3.8) is 0 Å². The first-order valence-electron chi connectivity index (χ1n) is 4.57. The first-order chi connectivity index (χ1) is 6.93. The topological polar surface area (TPSA) is 37.8 Å². The van der Waals surface area contributed by atoms with Crippen LogP contribution in [0.4, 0.5) is 19.1 Å². The maximum Gasteiger partial charge on any atom is 0.411 e. The Balaban J connectivity index is 2.13. The number of hydrogen-bond donors (Lipinski definition) is 1. The van der Waals surface area contributed by atoms with Gasteiger partial charge in [-0.3, -0.25) is 0 Å². The van der Waals surface area contributed by atoms with Crippen LogP contribution in [0.2, 0.25) is 0 Å². The van der Waals surface area contributed by atoms with Crippen LogP contribution in [0.3, 0.4) is 0 Å². The van der Waals surface area contributed by atoms with Crippen molar-refractivity contribution < 1.29 is 13.2 Å². The second-order valence-electron chi connectivity index (χ2n) is 3.79. The number of halogens is 3. The lowest BCUT2D eigenvalue weighted by Gasteiger charge is -2.20. The van der Waals surface area contributed by atoms with E-state index in [9.17, 15) is 13.2 Å². The minimum atomic E-state index is -4.23. The molecule has 0 bridgehead atoms. The molecule has 15 heavy (non-hydrogen) atoms. The van der Waals surface area contributed by atoms with Crippen molar-refractivity contribution in [1.82, 2.24) is 9.97 Å². The quantitative estimate of drug-likeness (QED) is 0.825. The fourth-order valence-corrected chi connectivity index (χ4v) is 1.28. The smallest absolute Gasteiger partial charge is 0.340 e. The van der Waals surface area contributed by atoms with Crippen molar-refractivity contribution in [2.45, 2.75) is 31.5 Å². The molecule has 0 amide bonds. The fraction of sp³-hybridized carbons (Fsp3) is 0.556. The number of anilines is 1. The van der Waals surface area contributed by atoms with Gasteiger partial charge in [-0.15, -0.1) is 0 Å². The number of nitrogens with zero attached hydrogens (tertiary/aromatic N) is 2. The Morgan fingerprint density at radius 2 is 1.80 bits per heavy atom. The standard InChI is InChI=1S/C9H10F3N3/c1-6-4-13-7(14-5-6)15-8(2-3-8)9(10,11)12/h4-5H,2-3H2,1H3,(H,13,14,15). The molecule has 1 heterocycles. The monoisotopic (exact) mass is 217 g/mol. The molecule has 0 radical (unpaired) electrons. The van der Waals surface area contributed by atoms with Gasteiger partial charge >= 0.3 is 6.18 Å². The zero-order valence-corrected chi connectivity index (χ0v) is 8.10. The number of nitrogens with one attached hydrogen (secondary N) is 1. The van der Waals surface area contributed by atoms with Gasteiger partial charge in [0.25, 0.3) is 0 Å². The summed E-state index contributed by atoms with van der Waals surface area (Å²) >= 11 is 0. The molecule has 3 nitrogen and oxygen atoms in total. The highest BCUT2D eigenvalue weighted by Crippen LogP contribution is 2.50. The Morgan fingerprint density at radius 1 is 1.27 bits per heavy atom. The van der Waals surface area contributed by atoms with E-state index < -0.39 is 11.7 Å². The predicted octanol–water partition coefficient (Wildman–Crippen LogP) is 2.29. The fourth-order valence-electron chi connectivity index (χ4n) is 1.28. The number of hydrogen-bond acceptors (Lipinski definition) is 3. The van der Waals surface area contributed by atoms with Gasteiger partial charge in [0, 0.05) is 12.4 Å². The van der Waals surface area contributed by atoms with Gasteiger partial charge in [-0.1, -0.05) is 0 Å². The van der Waals surface area contributed by atoms with Gasteiger partial charge in [0.05, 0.1) is 0 Å². The summed E-state index contributed by atoms with van der Waals surface area (Å²) in [6.07, 6.45) is -1.08. The van der Waals surface area contributed by atoms with Crippen LogP contribution in [0.5, 0.6) is 0 Å². The van der Waals surface area contributed by atoms with Crippen LogP contribution in [-0.4, -0.2) is 21.7 Å². The average molecular weight is 217 g/mol. The molecule has 0 saturated heterocycles. The zero-order valence-electron chi connectivity index (χ0n) is 8.10. The number of aryl methyl sites for hydroxylation is 1. The zero-order chi connectivity index (χ0) is 11.1. The average Bonchev–Trinajstić information content (AvgIpc) is 2.89. The van der Waals surface area contributed by atoms with Crippen molar-refractivity contribution in [2.75, 3.05) is 5.32 Å². The predicted molar refractivity (Wildman–Crippen MR) is 48.4 cm³/mol. The molecule has 2 rings (SSSR count). The number of aromatic nitrogens is 2. The van der Waals surface area contributed by atoms with E-state index in [-0.39, 0.29) is 18.8 Å². The Labute approximate surface area is 84.7 Å². The third kappa shape index (κ3) is 1.88. The molecular formula is C9H10F3N3. The lowest BCUT2D eigenvalue weighted by Crippen LogP contribution is -2.39. The van der Waals surface area contributed by atoms with Gasteiger partial charge in [0.2, 0.25) is 5.95 Å². The van der Waals surface area contributed by atoms with Crippen LogP contribution < -0.4 is 5.32 Å². The Kier molecular flexibility index (Phi) is 2.09. The van der Waals surface area contributed by atoms with Crippen molar-refractivity contribution in [3.8, 4) is 0 Å². The maximum atomic E-state index is 12.5. The maximum absolute atomic E-state index is 12.5. The van der Waals surface area contributed by atoms with Crippen LogP contribution in [0.1, 0.15) is 18.4 Å². The van der Waals surface area contributed by atoms with E-state index in [1.165, 1.54) is 12.4 Å². The van der Waals surface area contributed by atoms with Gasteiger partial charge in [0.1, 0.15) is 5.54 Å². The first kappa shape index (κ1) is 10.2. The molecule has 82 valence electrons. The largest absolute Gasteiger partial charge is 0.411 e. The third-order valence-corrected chi connectivity index (χ3v) is 2.42. The Morgan fingerprint density at radius 3 is 2.20 bits per heavy atom. The molecule has 6 heteroatoms. The van der Waals surface area contributed by atoms with Gasteiger partial charge in [0.15, 0.2) is 0 Å². The van der Waals surface area contributed by atoms with Crippen molar-refractivity contribution in [1.29, 1.82) is 0 Å². The van der Waals surface area contributed by atoms with E-state index in [0.717, 1.165) is 5.56 Å². The molecule has 0 spiro atoms. The molecule has 1 aliphatic carbocycles. The second kappa shape index (κ2) is 3.08. The molecule has 0 atom stereocenters.